The van der Waals surface area contributed by atoms with E-state index in [0.29, 0.717) is 6.54 Å². The summed E-state index contributed by atoms with van der Waals surface area (Å²) in [5, 5.41) is 4.50. The van der Waals surface area contributed by atoms with Gasteiger partial charge in [-0.15, -0.1) is 0 Å². The van der Waals surface area contributed by atoms with Crippen molar-refractivity contribution in [3.05, 3.63) is 54.4 Å². The van der Waals surface area contributed by atoms with Gasteiger partial charge in [0, 0.05) is 51.0 Å². The van der Waals surface area contributed by atoms with E-state index in [1.54, 1.807) is 0 Å². The third-order valence-electron chi connectivity index (χ3n) is 5.80. The Morgan fingerprint density at radius 3 is 2.50 bits per heavy atom. The largest absolute Gasteiger partial charge is 0.339 e. The summed E-state index contributed by atoms with van der Waals surface area (Å²) in [5.74, 6) is 0.268. The molecule has 2 aromatic rings. The standard InChI is InChI=1S/C22H29N5O/c1-2-24-12-14-26(15-13-24)22(28)18-25-10-8-19(9-11-25)20-16-23-27(17-20)21-6-4-3-5-7-21/h3-8,16-17H,2,9-15,18H2,1H3. The molecule has 1 fully saturated rings. The Balaban J connectivity index is 1.31. The molecule has 1 aromatic heterocycles. The van der Waals surface area contributed by atoms with E-state index in [1.807, 2.05) is 34.0 Å². The zero-order valence-corrected chi connectivity index (χ0v) is 16.6. The number of carbonyl (C=O) groups excluding carboxylic acids is 1. The van der Waals surface area contributed by atoms with Crippen LogP contribution in [0.3, 0.4) is 0 Å². The average molecular weight is 380 g/mol. The number of amides is 1. The zero-order valence-electron chi connectivity index (χ0n) is 16.6. The van der Waals surface area contributed by atoms with Crippen LogP contribution >= 0.6 is 0 Å². The number of aromatic nitrogens is 2. The summed E-state index contributed by atoms with van der Waals surface area (Å²) < 4.78 is 1.92. The van der Waals surface area contributed by atoms with Crippen molar-refractivity contribution < 1.29 is 4.79 Å². The second kappa shape index (κ2) is 8.71. The Bertz CT molecular complexity index is 820. The Hall–Kier alpha value is -2.44. The first kappa shape index (κ1) is 18.9. The van der Waals surface area contributed by atoms with E-state index in [-0.39, 0.29) is 5.91 Å². The number of likely N-dealkylation sites (N-methyl/N-ethyl adjacent to an activating group) is 1. The van der Waals surface area contributed by atoms with Gasteiger partial charge in [-0.05, 0) is 30.7 Å². The summed E-state index contributed by atoms with van der Waals surface area (Å²) in [6.07, 6.45) is 7.23. The van der Waals surface area contributed by atoms with Gasteiger partial charge in [-0.25, -0.2) is 4.68 Å². The van der Waals surface area contributed by atoms with Gasteiger partial charge in [0.1, 0.15) is 0 Å². The molecular formula is C22H29N5O. The fraction of sp³-hybridized carbons (Fsp3) is 0.455. The summed E-state index contributed by atoms with van der Waals surface area (Å²) in [6, 6.07) is 10.2. The van der Waals surface area contributed by atoms with Gasteiger partial charge in [-0.2, -0.15) is 5.10 Å². The quantitative estimate of drug-likeness (QED) is 0.798. The molecule has 1 saturated heterocycles. The molecular weight excluding hydrogens is 350 g/mol. The molecule has 1 aromatic carbocycles. The van der Waals surface area contributed by atoms with E-state index in [1.165, 1.54) is 11.1 Å². The second-order valence-electron chi connectivity index (χ2n) is 7.54. The van der Waals surface area contributed by atoms with Crippen LogP contribution in [-0.2, 0) is 4.79 Å². The highest BCUT2D eigenvalue weighted by Crippen LogP contribution is 2.23. The van der Waals surface area contributed by atoms with Crippen LogP contribution in [0.15, 0.2) is 48.8 Å². The van der Waals surface area contributed by atoms with E-state index in [4.69, 9.17) is 0 Å². The van der Waals surface area contributed by atoms with Crippen LogP contribution < -0.4 is 0 Å². The lowest BCUT2D eigenvalue weighted by Crippen LogP contribution is -2.51. The summed E-state index contributed by atoms with van der Waals surface area (Å²) in [5.41, 5.74) is 3.56. The van der Waals surface area contributed by atoms with E-state index >= 15 is 0 Å². The highest BCUT2D eigenvalue weighted by molar-refractivity contribution is 5.78. The van der Waals surface area contributed by atoms with Crippen molar-refractivity contribution in [3.8, 4) is 5.69 Å². The van der Waals surface area contributed by atoms with Gasteiger partial charge < -0.3 is 9.80 Å². The number of hydrogen-bond acceptors (Lipinski definition) is 4. The predicted molar refractivity (Wildman–Crippen MR) is 111 cm³/mol. The molecule has 0 spiro atoms. The monoisotopic (exact) mass is 379 g/mol. The van der Waals surface area contributed by atoms with Gasteiger partial charge in [0.2, 0.25) is 5.91 Å². The fourth-order valence-corrected chi connectivity index (χ4v) is 3.93. The summed E-state index contributed by atoms with van der Waals surface area (Å²) in [6.45, 7) is 9.24. The molecule has 0 aliphatic carbocycles. The number of hydrogen-bond donors (Lipinski definition) is 0. The van der Waals surface area contributed by atoms with Crippen LogP contribution in [0.5, 0.6) is 0 Å². The lowest BCUT2D eigenvalue weighted by Gasteiger charge is -2.35. The molecule has 148 valence electrons. The van der Waals surface area contributed by atoms with Gasteiger partial charge in [0.25, 0.3) is 0 Å². The van der Waals surface area contributed by atoms with Crippen LogP contribution in [0, 0.1) is 0 Å². The Kier molecular flexibility index (Phi) is 5.88. The Morgan fingerprint density at radius 2 is 1.82 bits per heavy atom. The minimum Gasteiger partial charge on any atom is -0.339 e. The molecule has 1 amide bonds. The SMILES string of the molecule is CCN1CCN(C(=O)CN2CC=C(c3cnn(-c4ccccc4)c3)CC2)CC1. The van der Waals surface area contributed by atoms with Gasteiger partial charge in [0.05, 0.1) is 18.4 Å². The van der Waals surface area contributed by atoms with Gasteiger partial charge in [-0.1, -0.05) is 31.2 Å². The zero-order chi connectivity index (χ0) is 19.3. The normalized spacial score (nSPS) is 18.9. The molecule has 6 heteroatoms. The van der Waals surface area contributed by atoms with Crippen LogP contribution in [0.1, 0.15) is 18.9 Å². The fourth-order valence-electron chi connectivity index (χ4n) is 3.93. The molecule has 28 heavy (non-hydrogen) atoms. The molecule has 0 saturated carbocycles. The van der Waals surface area contributed by atoms with Crippen molar-refractivity contribution in [1.29, 1.82) is 0 Å². The molecule has 2 aliphatic rings. The van der Waals surface area contributed by atoms with Crippen molar-refractivity contribution in [1.82, 2.24) is 24.5 Å². The van der Waals surface area contributed by atoms with Crippen LogP contribution in [0.4, 0.5) is 0 Å². The first-order valence-corrected chi connectivity index (χ1v) is 10.2. The third kappa shape index (κ3) is 4.34. The molecule has 4 rings (SSSR count). The topological polar surface area (TPSA) is 44.6 Å². The highest BCUT2D eigenvalue weighted by atomic mass is 16.2. The molecule has 0 atom stereocenters. The van der Waals surface area contributed by atoms with Crippen molar-refractivity contribution in [2.45, 2.75) is 13.3 Å². The molecule has 0 N–H and O–H groups in total. The molecule has 0 unspecified atom stereocenters. The number of carbonyl (C=O) groups is 1. The van der Waals surface area contributed by atoms with Gasteiger partial charge in [0.15, 0.2) is 0 Å². The van der Waals surface area contributed by atoms with E-state index in [0.717, 1.165) is 57.9 Å². The average Bonchev–Trinajstić information content (AvgIpc) is 3.25. The van der Waals surface area contributed by atoms with Gasteiger partial charge >= 0.3 is 0 Å². The number of benzene rings is 1. The van der Waals surface area contributed by atoms with Crippen LogP contribution in [0.25, 0.3) is 11.3 Å². The first-order chi connectivity index (χ1) is 13.7. The number of nitrogens with zero attached hydrogens (tertiary/aromatic N) is 5. The van der Waals surface area contributed by atoms with Gasteiger partial charge in [-0.3, -0.25) is 9.69 Å². The molecule has 6 nitrogen and oxygen atoms in total. The first-order valence-electron chi connectivity index (χ1n) is 10.2. The maximum atomic E-state index is 12.6. The summed E-state index contributed by atoms with van der Waals surface area (Å²) in [7, 11) is 0. The maximum absolute atomic E-state index is 12.6. The van der Waals surface area contributed by atoms with Crippen molar-refractivity contribution in [2.75, 3.05) is 52.4 Å². The molecule has 0 radical (unpaired) electrons. The lowest BCUT2D eigenvalue weighted by atomic mass is 10.0. The van der Waals surface area contributed by atoms with E-state index < -0.39 is 0 Å². The molecule has 3 heterocycles. The summed E-state index contributed by atoms with van der Waals surface area (Å²) >= 11 is 0. The number of para-hydroxylation sites is 1. The van der Waals surface area contributed by atoms with Crippen molar-refractivity contribution in [2.24, 2.45) is 0 Å². The molecule has 2 aliphatic heterocycles. The van der Waals surface area contributed by atoms with Crippen LogP contribution in [-0.4, -0.2) is 82.7 Å². The highest BCUT2D eigenvalue weighted by Gasteiger charge is 2.23. The minimum atomic E-state index is 0.268. The van der Waals surface area contributed by atoms with Crippen molar-refractivity contribution in [3.63, 3.8) is 0 Å². The second-order valence-corrected chi connectivity index (χ2v) is 7.54. The van der Waals surface area contributed by atoms with Crippen LogP contribution in [0.2, 0.25) is 0 Å². The minimum absolute atomic E-state index is 0.268. The Labute approximate surface area is 167 Å². The number of piperazine rings is 1. The third-order valence-corrected chi connectivity index (χ3v) is 5.80. The molecule has 0 bridgehead atoms. The summed E-state index contributed by atoms with van der Waals surface area (Å²) in [4.78, 5) is 19.3. The predicted octanol–water partition coefficient (Wildman–Crippen LogP) is 2.13. The smallest absolute Gasteiger partial charge is 0.236 e. The van der Waals surface area contributed by atoms with E-state index in [9.17, 15) is 4.79 Å². The lowest BCUT2D eigenvalue weighted by molar-refractivity contribution is -0.134. The van der Waals surface area contributed by atoms with E-state index in [2.05, 4.69) is 46.2 Å². The maximum Gasteiger partial charge on any atom is 0.236 e. The Morgan fingerprint density at radius 1 is 1.04 bits per heavy atom. The van der Waals surface area contributed by atoms with Crippen molar-refractivity contribution >= 4 is 11.5 Å². The number of rotatable bonds is 5.